The fraction of sp³-hybridized carbons (Fsp3) is 0.125. The molecule has 31 heavy (non-hydrogen) atoms. The Morgan fingerprint density at radius 2 is 1.58 bits per heavy atom. The molecule has 0 saturated heterocycles. The summed E-state index contributed by atoms with van der Waals surface area (Å²) in [5.74, 6) is 0.0542. The van der Waals surface area contributed by atoms with Crippen LogP contribution in [0, 0.1) is 0 Å². The summed E-state index contributed by atoms with van der Waals surface area (Å²) in [6.07, 6.45) is 1.51. The summed E-state index contributed by atoms with van der Waals surface area (Å²) >= 11 is 0. The second-order valence-electron chi connectivity index (χ2n) is 6.49. The molecule has 0 heterocycles. The van der Waals surface area contributed by atoms with E-state index in [9.17, 15) is 13.2 Å². The van der Waals surface area contributed by atoms with Gasteiger partial charge >= 0.3 is 5.97 Å². The number of hydrogen-bond acceptors (Lipinski definition) is 5. The highest BCUT2D eigenvalue weighted by Gasteiger charge is 2.25. The van der Waals surface area contributed by atoms with Crippen molar-refractivity contribution >= 4 is 21.7 Å². The molecule has 0 fully saturated rings. The Bertz CT molecular complexity index is 1110. The lowest BCUT2D eigenvalue weighted by molar-refractivity contribution is 0.0450. The number of esters is 1. The van der Waals surface area contributed by atoms with E-state index < -0.39 is 16.0 Å². The van der Waals surface area contributed by atoms with Gasteiger partial charge in [-0.1, -0.05) is 48.5 Å². The molecule has 0 aliphatic rings. The van der Waals surface area contributed by atoms with Gasteiger partial charge in [-0.2, -0.15) is 0 Å². The minimum atomic E-state index is -3.90. The second-order valence-corrected chi connectivity index (χ2v) is 8.35. The van der Waals surface area contributed by atoms with Crippen molar-refractivity contribution in [3.05, 3.63) is 103 Å². The highest BCUT2D eigenvalue weighted by atomic mass is 32.2. The van der Waals surface area contributed by atoms with Gasteiger partial charge in [0.2, 0.25) is 0 Å². The standard InChI is InChI=1S/C24H23NO5S/c1-2-16-25(21-11-5-3-6-12-21)31(27,28)23-15-9-10-20(19-23)24(26)30-18-17-29-22-13-7-4-8-14-22/h2-15,19H,1,16-18H2. The monoisotopic (exact) mass is 437 g/mol. The molecule has 0 atom stereocenters. The Morgan fingerprint density at radius 1 is 0.903 bits per heavy atom. The van der Waals surface area contributed by atoms with Gasteiger partial charge in [-0.15, -0.1) is 6.58 Å². The third kappa shape index (κ3) is 5.73. The summed E-state index contributed by atoms with van der Waals surface area (Å²) in [5, 5.41) is 0. The number of nitrogens with zero attached hydrogens (tertiary/aromatic N) is 1. The van der Waals surface area contributed by atoms with Crippen LogP contribution in [0.25, 0.3) is 0 Å². The average Bonchev–Trinajstić information content (AvgIpc) is 2.81. The quantitative estimate of drug-likeness (QED) is 0.269. The van der Waals surface area contributed by atoms with Crippen LogP contribution in [-0.4, -0.2) is 34.1 Å². The van der Waals surface area contributed by atoms with Gasteiger partial charge in [-0.05, 0) is 42.5 Å². The van der Waals surface area contributed by atoms with Crippen LogP contribution in [0.4, 0.5) is 5.69 Å². The zero-order valence-electron chi connectivity index (χ0n) is 16.9. The fourth-order valence-electron chi connectivity index (χ4n) is 2.86. The number of carbonyl (C=O) groups is 1. The summed E-state index contributed by atoms with van der Waals surface area (Å²) in [6.45, 7) is 3.97. The van der Waals surface area contributed by atoms with Gasteiger partial charge in [0.05, 0.1) is 22.7 Å². The number of anilines is 1. The van der Waals surface area contributed by atoms with E-state index in [2.05, 4.69) is 6.58 Å². The minimum Gasteiger partial charge on any atom is -0.490 e. The molecular formula is C24H23NO5S. The highest BCUT2D eigenvalue weighted by Crippen LogP contribution is 2.24. The van der Waals surface area contributed by atoms with Gasteiger partial charge in [0.1, 0.15) is 19.0 Å². The number of para-hydroxylation sites is 2. The smallest absolute Gasteiger partial charge is 0.338 e. The zero-order chi connectivity index (χ0) is 22.1. The minimum absolute atomic E-state index is 0.00631. The Balaban J connectivity index is 1.70. The van der Waals surface area contributed by atoms with E-state index in [1.807, 2.05) is 18.2 Å². The zero-order valence-corrected chi connectivity index (χ0v) is 17.7. The number of rotatable bonds is 10. The molecule has 0 aliphatic carbocycles. The molecular weight excluding hydrogens is 414 g/mol. The molecule has 0 aliphatic heterocycles. The van der Waals surface area contributed by atoms with Crippen LogP contribution in [0.1, 0.15) is 10.4 Å². The molecule has 3 rings (SSSR count). The van der Waals surface area contributed by atoms with Crippen molar-refractivity contribution in [2.24, 2.45) is 0 Å². The van der Waals surface area contributed by atoms with E-state index in [0.29, 0.717) is 11.4 Å². The third-order valence-corrected chi connectivity index (χ3v) is 6.12. The Labute approximate surface area is 182 Å². The largest absolute Gasteiger partial charge is 0.490 e. The average molecular weight is 438 g/mol. The molecule has 0 saturated carbocycles. The van der Waals surface area contributed by atoms with Crippen LogP contribution in [-0.2, 0) is 14.8 Å². The molecule has 0 bridgehead atoms. The van der Waals surface area contributed by atoms with Crippen molar-refractivity contribution in [2.45, 2.75) is 4.90 Å². The molecule has 160 valence electrons. The second kappa shape index (κ2) is 10.4. The van der Waals surface area contributed by atoms with Crippen LogP contribution >= 0.6 is 0 Å². The van der Waals surface area contributed by atoms with E-state index in [-0.39, 0.29) is 30.2 Å². The summed E-state index contributed by atoms with van der Waals surface area (Å²) in [7, 11) is -3.90. The normalized spacial score (nSPS) is 10.8. The van der Waals surface area contributed by atoms with E-state index in [1.165, 1.54) is 34.6 Å². The Morgan fingerprint density at radius 3 is 2.26 bits per heavy atom. The molecule has 3 aromatic rings. The van der Waals surface area contributed by atoms with Crippen LogP contribution in [0.5, 0.6) is 5.75 Å². The molecule has 0 unspecified atom stereocenters. The maximum absolute atomic E-state index is 13.2. The predicted molar refractivity (Wildman–Crippen MR) is 120 cm³/mol. The Kier molecular flexibility index (Phi) is 7.45. The van der Waals surface area contributed by atoms with Crippen molar-refractivity contribution in [1.82, 2.24) is 0 Å². The highest BCUT2D eigenvalue weighted by molar-refractivity contribution is 7.92. The summed E-state index contributed by atoms with van der Waals surface area (Å²) in [6, 6.07) is 23.7. The van der Waals surface area contributed by atoms with Gasteiger partial charge in [0.25, 0.3) is 10.0 Å². The van der Waals surface area contributed by atoms with Gasteiger partial charge < -0.3 is 9.47 Å². The number of hydrogen-bond donors (Lipinski definition) is 0. The first kappa shape index (κ1) is 22.1. The number of ether oxygens (including phenoxy) is 2. The summed E-state index contributed by atoms with van der Waals surface area (Å²) < 4.78 is 38.4. The van der Waals surface area contributed by atoms with Gasteiger partial charge in [-0.3, -0.25) is 4.31 Å². The van der Waals surface area contributed by atoms with Crippen molar-refractivity contribution in [2.75, 3.05) is 24.1 Å². The molecule has 6 nitrogen and oxygen atoms in total. The maximum atomic E-state index is 13.2. The molecule has 7 heteroatoms. The molecule has 0 radical (unpaired) electrons. The lowest BCUT2D eigenvalue weighted by Gasteiger charge is -2.23. The van der Waals surface area contributed by atoms with E-state index in [0.717, 1.165) is 0 Å². The molecule has 0 aromatic heterocycles. The topological polar surface area (TPSA) is 72.9 Å². The Hall–Kier alpha value is -3.58. The molecule has 3 aromatic carbocycles. The predicted octanol–water partition coefficient (Wildman–Crippen LogP) is 4.30. The van der Waals surface area contributed by atoms with Crippen molar-refractivity contribution in [3.63, 3.8) is 0 Å². The van der Waals surface area contributed by atoms with Crippen LogP contribution < -0.4 is 9.04 Å². The van der Waals surface area contributed by atoms with Crippen LogP contribution in [0.3, 0.4) is 0 Å². The van der Waals surface area contributed by atoms with Crippen LogP contribution in [0.15, 0.2) is 102 Å². The number of sulfonamides is 1. The first-order valence-electron chi connectivity index (χ1n) is 9.66. The lowest BCUT2D eigenvalue weighted by Crippen LogP contribution is -2.31. The SMILES string of the molecule is C=CCN(c1ccccc1)S(=O)(=O)c1cccc(C(=O)OCCOc2ccccc2)c1. The molecule has 0 N–H and O–H groups in total. The van der Waals surface area contributed by atoms with Crippen molar-refractivity contribution in [1.29, 1.82) is 0 Å². The lowest BCUT2D eigenvalue weighted by atomic mass is 10.2. The van der Waals surface area contributed by atoms with Gasteiger partial charge in [0, 0.05) is 0 Å². The van der Waals surface area contributed by atoms with Crippen LogP contribution in [0.2, 0.25) is 0 Å². The van der Waals surface area contributed by atoms with E-state index in [1.54, 1.807) is 42.5 Å². The third-order valence-electron chi connectivity index (χ3n) is 4.33. The molecule has 0 amide bonds. The molecule has 0 spiro atoms. The van der Waals surface area contributed by atoms with Gasteiger partial charge in [0.15, 0.2) is 0 Å². The first-order chi connectivity index (χ1) is 15.0. The summed E-state index contributed by atoms with van der Waals surface area (Å²) in [4.78, 5) is 12.4. The van der Waals surface area contributed by atoms with Crippen molar-refractivity contribution < 1.29 is 22.7 Å². The van der Waals surface area contributed by atoms with Gasteiger partial charge in [-0.25, -0.2) is 13.2 Å². The number of carbonyl (C=O) groups excluding carboxylic acids is 1. The number of benzene rings is 3. The van der Waals surface area contributed by atoms with E-state index in [4.69, 9.17) is 9.47 Å². The van der Waals surface area contributed by atoms with E-state index >= 15 is 0 Å². The van der Waals surface area contributed by atoms with Crippen molar-refractivity contribution in [3.8, 4) is 5.75 Å². The fourth-order valence-corrected chi connectivity index (χ4v) is 4.34. The maximum Gasteiger partial charge on any atom is 0.338 e. The first-order valence-corrected chi connectivity index (χ1v) is 11.1. The summed E-state index contributed by atoms with van der Waals surface area (Å²) in [5.41, 5.74) is 0.654.